The predicted molar refractivity (Wildman–Crippen MR) is 96.7 cm³/mol. The Bertz CT molecular complexity index is 601. The van der Waals surface area contributed by atoms with Crippen molar-refractivity contribution in [2.75, 3.05) is 6.54 Å². The van der Waals surface area contributed by atoms with Crippen molar-refractivity contribution >= 4 is 11.5 Å². The van der Waals surface area contributed by atoms with Gasteiger partial charge in [0, 0.05) is 0 Å². The Balaban J connectivity index is 2.40. The first-order chi connectivity index (χ1) is 10.9. The van der Waals surface area contributed by atoms with Crippen LogP contribution in [-0.4, -0.2) is 18.0 Å². The first-order valence-corrected chi connectivity index (χ1v) is 8.37. The van der Waals surface area contributed by atoms with Gasteiger partial charge in [-0.2, -0.15) is 0 Å². The van der Waals surface area contributed by atoms with Crippen LogP contribution in [0.3, 0.4) is 0 Å². The number of allylic oxidation sites excluding steroid dienone is 2. The first-order valence-electron chi connectivity index (χ1n) is 8.37. The fraction of sp³-hybridized carbons (Fsp3) is 0.450. The van der Waals surface area contributed by atoms with E-state index in [-0.39, 0.29) is 17.7 Å². The quantitative estimate of drug-likeness (QED) is 0.846. The van der Waals surface area contributed by atoms with Gasteiger partial charge in [0.05, 0.1) is 11.5 Å². The Kier molecular flexibility index (Phi) is 5.42. The molecule has 1 amide bonds. The molecule has 3 nitrogen and oxygen atoms in total. The molecule has 0 aromatic heterocycles. The standard InChI is InChI=1S/C20H28N2O/c1-14(2)13-22-20(15(3)4)11-10-17(12-18(20)19(21)23)16-8-6-5-7-9-16/h5-12,14-15,18,22H,13H2,1-4H3,(H2,21,23). The highest BCUT2D eigenvalue weighted by Crippen LogP contribution is 2.36. The van der Waals surface area contributed by atoms with E-state index in [2.05, 4.69) is 57.3 Å². The molecule has 3 heteroatoms. The molecule has 0 heterocycles. The number of benzene rings is 1. The second kappa shape index (κ2) is 7.14. The smallest absolute Gasteiger partial charge is 0.226 e. The fourth-order valence-electron chi connectivity index (χ4n) is 3.15. The van der Waals surface area contributed by atoms with E-state index in [0.29, 0.717) is 5.92 Å². The summed E-state index contributed by atoms with van der Waals surface area (Å²) in [6.07, 6.45) is 6.27. The van der Waals surface area contributed by atoms with Gasteiger partial charge in [-0.15, -0.1) is 0 Å². The molecule has 1 aromatic rings. The number of primary amides is 1. The van der Waals surface area contributed by atoms with Crippen molar-refractivity contribution in [2.45, 2.75) is 33.2 Å². The highest BCUT2D eigenvalue weighted by Gasteiger charge is 2.43. The number of nitrogens with one attached hydrogen (secondary N) is 1. The summed E-state index contributed by atoms with van der Waals surface area (Å²) in [6, 6.07) is 10.1. The van der Waals surface area contributed by atoms with E-state index in [0.717, 1.165) is 17.7 Å². The van der Waals surface area contributed by atoms with Crippen LogP contribution in [0.15, 0.2) is 48.6 Å². The monoisotopic (exact) mass is 312 g/mol. The summed E-state index contributed by atoms with van der Waals surface area (Å²) in [5.41, 5.74) is 7.51. The third-order valence-electron chi connectivity index (χ3n) is 4.59. The average molecular weight is 312 g/mol. The number of hydrogen-bond donors (Lipinski definition) is 2. The van der Waals surface area contributed by atoms with Gasteiger partial charge >= 0.3 is 0 Å². The molecule has 1 aliphatic carbocycles. The van der Waals surface area contributed by atoms with Crippen molar-refractivity contribution in [3.05, 3.63) is 54.1 Å². The van der Waals surface area contributed by atoms with Gasteiger partial charge in [-0.25, -0.2) is 0 Å². The summed E-state index contributed by atoms with van der Waals surface area (Å²) >= 11 is 0. The number of carbonyl (C=O) groups excluding carboxylic acids is 1. The topological polar surface area (TPSA) is 55.1 Å². The van der Waals surface area contributed by atoms with Crippen molar-refractivity contribution in [2.24, 2.45) is 23.5 Å². The van der Waals surface area contributed by atoms with Crippen LogP contribution in [0.25, 0.3) is 5.57 Å². The molecule has 2 atom stereocenters. The molecular weight excluding hydrogens is 284 g/mol. The van der Waals surface area contributed by atoms with Crippen LogP contribution in [0.1, 0.15) is 33.3 Å². The van der Waals surface area contributed by atoms with Gasteiger partial charge in [0.25, 0.3) is 0 Å². The van der Waals surface area contributed by atoms with Gasteiger partial charge in [0.15, 0.2) is 0 Å². The summed E-state index contributed by atoms with van der Waals surface area (Å²) in [7, 11) is 0. The lowest BCUT2D eigenvalue weighted by molar-refractivity contribution is -0.122. The van der Waals surface area contributed by atoms with Crippen molar-refractivity contribution in [1.29, 1.82) is 0 Å². The molecule has 0 radical (unpaired) electrons. The van der Waals surface area contributed by atoms with E-state index >= 15 is 0 Å². The summed E-state index contributed by atoms with van der Waals surface area (Å²) in [5, 5.41) is 3.61. The van der Waals surface area contributed by atoms with Crippen molar-refractivity contribution in [3.63, 3.8) is 0 Å². The molecule has 3 N–H and O–H groups in total. The zero-order valence-electron chi connectivity index (χ0n) is 14.5. The van der Waals surface area contributed by atoms with E-state index in [4.69, 9.17) is 5.73 Å². The molecular formula is C20H28N2O. The number of amides is 1. The summed E-state index contributed by atoms with van der Waals surface area (Å²) < 4.78 is 0. The lowest BCUT2D eigenvalue weighted by Gasteiger charge is -2.43. The fourth-order valence-corrected chi connectivity index (χ4v) is 3.15. The van der Waals surface area contributed by atoms with E-state index < -0.39 is 5.54 Å². The molecule has 1 aromatic carbocycles. The summed E-state index contributed by atoms with van der Waals surface area (Å²) in [5.74, 6) is 0.116. The Morgan fingerprint density at radius 1 is 1.22 bits per heavy atom. The zero-order chi connectivity index (χ0) is 17.0. The van der Waals surface area contributed by atoms with E-state index in [1.54, 1.807) is 0 Å². The minimum atomic E-state index is -0.422. The second-order valence-corrected chi connectivity index (χ2v) is 7.06. The van der Waals surface area contributed by atoms with Gasteiger partial charge in [0.1, 0.15) is 0 Å². The van der Waals surface area contributed by atoms with Crippen LogP contribution in [-0.2, 0) is 4.79 Å². The SMILES string of the molecule is CC(C)CNC1(C(C)C)C=CC(c2ccccc2)=CC1C(N)=O. The Labute approximate surface area is 139 Å². The van der Waals surface area contributed by atoms with E-state index in [9.17, 15) is 4.79 Å². The number of rotatable bonds is 6. The van der Waals surface area contributed by atoms with E-state index in [1.165, 1.54) is 0 Å². The average Bonchev–Trinajstić information content (AvgIpc) is 2.53. The molecule has 2 rings (SSSR count). The van der Waals surface area contributed by atoms with Crippen LogP contribution in [0.2, 0.25) is 0 Å². The highest BCUT2D eigenvalue weighted by atomic mass is 16.1. The Morgan fingerprint density at radius 3 is 2.39 bits per heavy atom. The van der Waals surface area contributed by atoms with Crippen molar-refractivity contribution < 1.29 is 4.79 Å². The van der Waals surface area contributed by atoms with E-state index in [1.807, 2.05) is 24.3 Å². The Morgan fingerprint density at radius 2 is 1.87 bits per heavy atom. The Hall–Kier alpha value is -1.87. The van der Waals surface area contributed by atoms with Gasteiger partial charge in [-0.05, 0) is 29.5 Å². The molecule has 0 saturated carbocycles. The van der Waals surface area contributed by atoms with Gasteiger partial charge in [-0.3, -0.25) is 4.79 Å². The van der Waals surface area contributed by atoms with Gasteiger partial charge in [-0.1, -0.05) is 76.3 Å². The largest absolute Gasteiger partial charge is 0.369 e. The third-order valence-corrected chi connectivity index (χ3v) is 4.59. The summed E-state index contributed by atoms with van der Waals surface area (Å²) in [6.45, 7) is 9.45. The second-order valence-electron chi connectivity index (χ2n) is 7.06. The lowest BCUT2D eigenvalue weighted by atomic mass is 9.70. The summed E-state index contributed by atoms with van der Waals surface area (Å²) in [4.78, 5) is 12.2. The predicted octanol–water partition coefficient (Wildman–Crippen LogP) is 3.38. The molecule has 0 saturated heterocycles. The molecule has 0 bridgehead atoms. The molecule has 0 fully saturated rings. The normalized spacial score (nSPS) is 24.1. The molecule has 0 aliphatic heterocycles. The molecule has 23 heavy (non-hydrogen) atoms. The number of nitrogens with two attached hydrogens (primary N) is 1. The van der Waals surface area contributed by atoms with Crippen molar-refractivity contribution in [1.82, 2.24) is 5.32 Å². The van der Waals surface area contributed by atoms with Gasteiger partial charge < -0.3 is 11.1 Å². The zero-order valence-corrected chi connectivity index (χ0v) is 14.5. The number of hydrogen-bond acceptors (Lipinski definition) is 2. The molecule has 1 aliphatic rings. The minimum Gasteiger partial charge on any atom is -0.369 e. The maximum absolute atomic E-state index is 12.2. The van der Waals surface area contributed by atoms with Crippen LogP contribution in [0.4, 0.5) is 0 Å². The maximum Gasteiger partial charge on any atom is 0.226 e. The number of carbonyl (C=O) groups is 1. The lowest BCUT2D eigenvalue weighted by Crippen LogP contribution is -2.58. The van der Waals surface area contributed by atoms with Crippen LogP contribution >= 0.6 is 0 Å². The minimum absolute atomic E-state index is 0.253. The van der Waals surface area contributed by atoms with Gasteiger partial charge in [0.2, 0.25) is 5.91 Å². The maximum atomic E-state index is 12.2. The van der Waals surface area contributed by atoms with Crippen LogP contribution < -0.4 is 11.1 Å². The molecule has 2 unspecified atom stereocenters. The van der Waals surface area contributed by atoms with Crippen molar-refractivity contribution in [3.8, 4) is 0 Å². The molecule has 0 spiro atoms. The third kappa shape index (κ3) is 3.73. The van der Waals surface area contributed by atoms with Crippen LogP contribution in [0, 0.1) is 17.8 Å². The highest BCUT2D eigenvalue weighted by molar-refractivity contribution is 5.87. The molecule has 124 valence electrons. The first kappa shape index (κ1) is 17.5. The van der Waals surface area contributed by atoms with Crippen LogP contribution in [0.5, 0.6) is 0 Å².